The first-order chi connectivity index (χ1) is 13.1. The first-order valence-corrected chi connectivity index (χ1v) is 9.23. The van der Waals surface area contributed by atoms with E-state index in [9.17, 15) is 4.79 Å². The highest BCUT2D eigenvalue weighted by molar-refractivity contribution is 6.33. The molecule has 0 saturated carbocycles. The van der Waals surface area contributed by atoms with E-state index in [1.165, 1.54) is 6.33 Å². The summed E-state index contributed by atoms with van der Waals surface area (Å²) in [5.74, 6) is 0. The Kier molecular flexibility index (Phi) is 6.24. The molecule has 27 heavy (non-hydrogen) atoms. The van der Waals surface area contributed by atoms with Crippen molar-refractivity contribution in [3.05, 3.63) is 53.6 Å². The summed E-state index contributed by atoms with van der Waals surface area (Å²) in [6, 6.07) is 9.72. The Morgan fingerprint density at radius 2 is 2.07 bits per heavy atom. The van der Waals surface area contributed by atoms with Crippen LogP contribution in [0, 0.1) is 0 Å². The van der Waals surface area contributed by atoms with Gasteiger partial charge < -0.3 is 9.64 Å². The molecule has 0 saturated heterocycles. The van der Waals surface area contributed by atoms with Crippen molar-refractivity contribution >= 4 is 28.7 Å². The molecule has 0 aliphatic heterocycles. The van der Waals surface area contributed by atoms with Gasteiger partial charge >= 0.3 is 6.09 Å². The normalized spacial score (nSPS) is 12.1. The quantitative estimate of drug-likeness (QED) is 0.571. The zero-order valence-electron chi connectivity index (χ0n) is 15.4. The van der Waals surface area contributed by atoms with Crippen molar-refractivity contribution in [2.24, 2.45) is 0 Å². The van der Waals surface area contributed by atoms with Crippen LogP contribution in [-0.4, -0.2) is 44.3 Å². The van der Waals surface area contributed by atoms with Crippen molar-refractivity contribution in [1.29, 1.82) is 0 Å². The average Bonchev–Trinajstić information content (AvgIpc) is 3.13. The molecule has 2 aromatic heterocycles. The standard InChI is InChI=1S/C19H22ClN5O2/c1-3-15(25-18-16(11-23-25)17(20)21-13-22-18)9-10-24(2)19(26)27-12-14-7-5-4-6-8-14/h4-8,11,13,15H,3,9-10,12H2,1-2H3. The molecule has 0 aliphatic rings. The number of halogens is 1. The van der Waals surface area contributed by atoms with Gasteiger partial charge in [0.05, 0.1) is 17.6 Å². The molecule has 3 rings (SSSR count). The largest absolute Gasteiger partial charge is 0.445 e. The smallest absolute Gasteiger partial charge is 0.409 e. The van der Waals surface area contributed by atoms with E-state index in [0.29, 0.717) is 17.3 Å². The van der Waals surface area contributed by atoms with E-state index in [4.69, 9.17) is 16.3 Å². The Labute approximate surface area is 162 Å². The van der Waals surface area contributed by atoms with Crippen molar-refractivity contribution < 1.29 is 9.53 Å². The molecule has 8 heteroatoms. The van der Waals surface area contributed by atoms with Crippen molar-refractivity contribution in [1.82, 2.24) is 24.6 Å². The van der Waals surface area contributed by atoms with Crippen LogP contribution >= 0.6 is 11.6 Å². The van der Waals surface area contributed by atoms with Gasteiger partial charge in [0.25, 0.3) is 0 Å². The van der Waals surface area contributed by atoms with E-state index in [-0.39, 0.29) is 18.7 Å². The Morgan fingerprint density at radius 1 is 1.30 bits per heavy atom. The molecular weight excluding hydrogens is 366 g/mol. The van der Waals surface area contributed by atoms with Crippen LogP contribution in [0.5, 0.6) is 0 Å². The zero-order chi connectivity index (χ0) is 19.2. The number of fused-ring (bicyclic) bond motifs is 1. The van der Waals surface area contributed by atoms with Gasteiger partial charge in [-0.05, 0) is 18.4 Å². The minimum atomic E-state index is -0.343. The molecule has 0 spiro atoms. The SMILES string of the molecule is CCC(CCN(C)C(=O)OCc1ccccc1)n1ncc2c(Cl)ncnc21. The Bertz CT molecular complexity index is 900. The van der Waals surface area contributed by atoms with Gasteiger partial charge in [-0.2, -0.15) is 5.10 Å². The van der Waals surface area contributed by atoms with E-state index >= 15 is 0 Å². The summed E-state index contributed by atoms with van der Waals surface area (Å²) in [6.45, 7) is 2.89. The van der Waals surface area contributed by atoms with Crippen LogP contribution in [0.25, 0.3) is 11.0 Å². The molecule has 0 N–H and O–H groups in total. The summed E-state index contributed by atoms with van der Waals surface area (Å²) in [5, 5.41) is 5.54. The molecule has 1 amide bonds. The van der Waals surface area contributed by atoms with Crippen LogP contribution in [0.1, 0.15) is 31.4 Å². The molecule has 3 aromatic rings. The van der Waals surface area contributed by atoms with E-state index in [1.807, 2.05) is 35.0 Å². The van der Waals surface area contributed by atoms with Gasteiger partial charge in [0.2, 0.25) is 0 Å². The lowest BCUT2D eigenvalue weighted by Crippen LogP contribution is -2.30. The van der Waals surface area contributed by atoms with Gasteiger partial charge in [-0.15, -0.1) is 0 Å². The highest BCUT2D eigenvalue weighted by atomic mass is 35.5. The van der Waals surface area contributed by atoms with E-state index < -0.39 is 0 Å². The number of hydrogen-bond acceptors (Lipinski definition) is 5. The van der Waals surface area contributed by atoms with Crippen LogP contribution < -0.4 is 0 Å². The molecule has 1 unspecified atom stereocenters. The summed E-state index contributed by atoms with van der Waals surface area (Å²) in [6.07, 6.45) is 4.35. The van der Waals surface area contributed by atoms with Crippen molar-refractivity contribution in [2.75, 3.05) is 13.6 Å². The Balaban J connectivity index is 1.58. The van der Waals surface area contributed by atoms with Gasteiger partial charge in [0.1, 0.15) is 18.1 Å². The highest BCUT2D eigenvalue weighted by Gasteiger charge is 2.18. The maximum Gasteiger partial charge on any atom is 0.409 e. The molecule has 0 radical (unpaired) electrons. The minimum absolute atomic E-state index is 0.0952. The number of ether oxygens (including phenoxy) is 1. The number of benzene rings is 1. The fraction of sp³-hybridized carbons (Fsp3) is 0.368. The molecule has 1 aromatic carbocycles. The zero-order valence-corrected chi connectivity index (χ0v) is 16.1. The molecule has 7 nitrogen and oxygen atoms in total. The Hall–Kier alpha value is -2.67. The number of nitrogens with zero attached hydrogens (tertiary/aromatic N) is 5. The molecule has 0 aliphatic carbocycles. The number of aromatic nitrogens is 4. The molecule has 0 fully saturated rings. The lowest BCUT2D eigenvalue weighted by molar-refractivity contribution is 0.103. The summed E-state index contributed by atoms with van der Waals surface area (Å²) >= 11 is 6.10. The molecular formula is C19H22ClN5O2. The maximum absolute atomic E-state index is 12.2. The third-order valence-electron chi connectivity index (χ3n) is 4.47. The van der Waals surface area contributed by atoms with Gasteiger partial charge in [-0.25, -0.2) is 19.4 Å². The predicted molar refractivity (Wildman–Crippen MR) is 104 cm³/mol. The summed E-state index contributed by atoms with van der Waals surface area (Å²) in [4.78, 5) is 22.1. The van der Waals surface area contributed by atoms with E-state index in [2.05, 4.69) is 22.0 Å². The van der Waals surface area contributed by atoms with Crippen LogP contribution in [0.3, 0.4) is 0 Å². The van der Waals surface area contributed by atoms with Gasteiger partial charge in [0.15, 0.2) is 5.65 Å². The Morgan fingerprint density at radius 3 is 2.81 bits per heavy atom. The van der Waals surface area contributed by atoms with Gasteiger partial charge in [-0.3, -0.25) is 0 Å². The van der Waals surface area contributed by atoms with E-state index in [1.54, 1.807) is 18.1 Å². The van der Waals surface area contributed by atoms with Crippen LogP contribution in [0.4, 0.5) is 4.79 Å². The lowest BCUT2D eigenvalue weighted by Gasteiger charge is -2.21. The molecule has 1 atom stereocenters. The second-order valence-corrected chi connectivity index (χ2v) is 6.66. The number of carbonyl (C=O) groups excluding carboxylic acids is 1. The predicted octanol–water partition coefficient (Wildman–Crippen LogP) is 4.09. The summed E-state index contributed by atoms with van der Waals surface area (Å²) < 4.78 is 7.21. The number of carbonyl (C=O) groups is 1. The van der Waals surface area contributed by atoms with Crippen molar-refractivity contribution in [2.45, 2.75) is 32.4 Å². The van der Waals surface area contributed by atoms with Crippen LogP contribution in [0.15, 0.2) is 42.9 Å². The first-order valence-electron chi connectivity index (χ1n) is 8.85. The number of hydrogen-bond donors (Lipinski definition) is 0. The van der Waals surface area contributed by atoms with Crippen LogP contribution in [-0.2, 0) is 11.3 Å². The van der Waals surface area contributed by atoms with E-state index in [0.717, 1.165) is 23.8 Å². The third-order valence-corrected chi connectivity index (χ3v) is 4.78. The average molecular weight is 388 g/mol. The van der Waals surface area contributed by atoms with Crippen molar-refractivity contribution in [3.8, 4) is 0 Å². The fourth-order valence-electron chi connectivity index (χ4n) is 2.86. The summed E-state index contributed by atoms with van der Waals surface area (Å²) in [5.41, 5.74) is 1.67. The number of rotatable bonds is 7. The fourth-order valence-corrected chi connectivity index (χ4v) is 3.04. The molecule has 0 bridgehead atoms. The minimum Gasteiger partial charge on any atom is -0.445 e. The summed E-state index contributed by atoms with van der Waals surface area (Å²) in [7, 11) is 1.74. The second-order valence-electron chi connectivity index (χ2n) is 6.30. The lowest BCUT2D eigenvalue weighted by atomic mass is 10.1. The van der Waals surface area contributed by atoms with Crippen molar-refractivity contribution in [3.63, 3.8) is 0 Å². The molecule has 142 valence electrons. The van der Waals surface area contributed by atoms with Gasteiger partial charge in [0, 0.05) is 13.6 Å². The van der Waals surface area contributed by atoms with Gasteiger partial charge in [-0.1, -0.05) is 48.9 Å². The highest BCUT2D eigenvalue weighted by Crippen LogP contribution is 2.24. The molecule has 2 heterocycles. The van der Waals surface area contributed by atoms with Crippen LogP contribution in [0.2, 0.25) is 5.15 Å². The second kappa shape index (κ2) is 8.81. The topological polar surface area (TPSA) is 73.1 Å². The first kappa shape index (κ1) is 19.1. The third kappa shape index (κ3) is 4.54. The maximum atomic E-state index is 12.2. The monoisotopic (exact) mass is 387 g/mol. The number of amides is 1.